The first-order valence-electron chi connectivity index (χ1n) is 10.8. The van der Waals surface area contributed by atoms with Crippen molar-refractivity contribution in [3.8, 4) is 16.8 Å². The van der Waals surface area contributed by atoms with Gasteiger partial charge in [-0.3, -0.25) is 14.9 Å². The fourth-order valence-electron chi connectivity index (χ4n) is 4.13. The minimum absolute atomic E-state index is 0.0158. The van der Waals surface area contributed by atoms with Crippen LogP contribution in [-0.4, -0.2) is 28.2 Å². The highest BCUT2D eigenvalue weighted by Gasteiger charge is 2.23. The Morgan fingerprint density at radius 2 is 2.12 bits per heavy atom. The molecule has 0 bridgehead atoms. The normalized spacial score (nSPS) is 12.9. The third kappa shape index (κ3) is 4.56. The molecular formula is C24H23N5O4S. The minimum Gasteiger partial charge on any atom is -0.477 e. The molecule has 1 N–H and O–H groups in total. The summed E-state index contributed by atoms with van der Waals surface area (Å²) in [7, 11) is 0. The van der Waals surface area contributed by atoms with Gasteiger partial charge in [-0.15, -0.1) is 11.3 Å². The van der Waals surface area contributed by atoms with Crippen molar-refractivity contribution >= 4 is 29.1 Å². The van der Waals surface area contributed by atoms with Gasteiger partial charge in [-0.2, -0.15) is 10.4 Å². The fraction of sp³-hybridized carbons (Fsp3) is 0.292. The van der Waals surface area contributed by atoms with Crippen molar-refractivity contribution in [1.29, 1.82) is 5.26 Å². The van der Waals surface area contributed by atoms with Crippen LogP contribution < -0.4 is 10.2 Å². The largest absolute Gasteiger partial charge is 0.477 e. The molecule has 0 spiro atoms. The van der Waals surface area contributed by atoms with E-state index in [1.54, 1.807) is 23.6 Å². The van der Waals surface area contributed by atoms with E-state index in [4.69, 9.17) is 4.74 Å². The number of amides is 1. The zero-order valence-corrected chi connectivity index (χ0v) is 19.6. The van der Waals surface area contributed by atoms with Gasteiger partial charge in [0.25, 0.3) is 5.91 Å². The lowest BCUT2D eigenvalue weighted by Gasteiger charge is -2.10. The van der Waals surface area contributed by atoms with Crippen LogP contribution >= 0.6 is 11.3 Å². The smallest absolute Gasteiger partial charge is 0.310 e. The molecule has 0 unspecified atom stereocenters. The summed E-state index contributed by atoms with van der Waals surface area (Å²) in [5, 5.41) is 25.8. The third-order valence-corrected chi connectivity index (χ3v) is 7.03. The first kappa shape index (κ1) is 23.2. The fourth-order valence-corrected chi connectivity index (χ4v) is 5.58. The maximum Gasteiger partial charge on any atom is 0.310 e. The van der Waals surface area contributed by atoms with E-state index in [-0.39, 0.29) is 11.4 Å². The van der Waals surface area contributed by atoms with Crippen LogP contribution in [0.5, 0.6) is 5.75 Å². The van der Waals surface area contributed by atoms with Gasteiger partial charge in [0, 0.05) is 27.9 Å². The number of rotatable bonds is 7. The van der Waals surface area contributed by atoms with Gasteiger partial charge >= 0.3 is 5.69 Å². The van der Waals surface area contributed by atoms with Crippen LogP contribution in [0.1, 0.15) is 45.8 Å². The van der Waals surface area contributed by atoms with Crippen LogP contribution in [0.4, 0.5) is 5.69 Å². The summed E-state index contributed by atoms with van der Waals surface area (Å²) in [4.78, 5) is 23.9. The first-order valence-corrected chi connectivity index (χ1v) is 11.6. The molecular weight excluding hydrogens is 454 g/mol. The average molecular weight is 478 g/mol. The summed E-state index contributed by atoms with van der Waals surface area (Å²) in [6, 6.07) is 10.2. The van der Waals surface area contributed by atoms with Crippen LogP contribution in [0.15, 0.2) is 35.4 Å². The van der Waals surface area contributed by atoms with E-state index < -0.39 is 17.4 Å². The Morgan fingerprint density at radius 1 is 1.35 bits per heavy atom. The number of carbonyl (C=O) groups is 1. The van der Waals surface area contributed by atoms with Gasteiger partial charge in [0.2, 0.25) is 0 Å². The molecule has 4 rings (SSSR count). The van der Waals surface area contributed by atoms with Crippen molar-refractivity contribution in [3.63, 3.8) is 0 Å². The van der Waals surface area contributed by atoms with Crippen LogP contribution in [0.25, 0.3) is 5.00 Å². The standard InChI is InChI=1S/C24H23N5O4S/c1-15-11-17(13-26-27-23(30)14-33-21-9-5-4-8-20(21)29(31)32)16(2)28(15)24-19(12-25)18-7-3-6-10-22(18)34-24/h4-5,8-9,11,13H,3,6-7,10,14H2,1-2H3,(H,27,30)/b26-13-. The van der Waals surface area contributed by atoms with Crippen molar-refractivity contribution in [1.82, 2.24) is 9.99 Å². The van der Waals surface area contributed by atoms with Gasteiger partial charge in [-0.1, -0.05) is 12.1 Å². The number of aromatic nitrogens is 1. The lowest BCUT2D eigenvalue weighted by molar-refractivity contribution is -0.385. The number of nitro groups is 1. The van der Waals surface area contributed by atoms with Crippen molar-refractivity contribution in [2.24, 2.45) is 5.10 Å². The van der Waals surface area contributed by atoms with Crippen LogP contribution in [0.2, 0.25) is 0 Å². The molecule has 0 saturated carbocycles. The summed E-state index contributed by atoms with van der Waals surface area (Å²) in [5.41, 5.74) is 6.82. The minimum atomic E-state index is -0.567. The Bertz CT molecular complexity index is 1330. The number of nitro benzene ring substituents is 1. The molecule has 1 aliphatic rings. The van der Waals surface area contributed by atoms with Crippen LogP contribution in [0, 0.1) is 35.3 Å². The SMILES string of the molecule is Cc1cc(/C=N\NC(=O)COc2ccccc2[N+](=O)[O-])c(C)n1-c1sc2c(c1C#N)CCCC2. The van der Waals surface area contributed by atoms with Crippen molar-refractivity contribution in [3.05, 3.63) is 73.4 Å². The number of benzene rings is 1. The van der Waals surface area contributed by atoms with E-state index in [1.165, 1.54) is 28.6 Å². The zero-order chi connectivity index (χ0) is 24.2. The number of nitrogens with zero attached hydrogens (tertiary/aromatic N) is 4. The second kappa shape index (κ2) is 9.89. The molecule has 0 aliphatic heterocycles. The third-order valence-electron chi connectivity index (χ3n) is 5.75. The van der Waals surface area contributed by atoms with Crippen LogP contribution in [0.3, 0.4) is 0 Å². The number of para-hydroxylation sites is 2. The van der Waals surface area contributed by atoms with Gasteiger partial charge in [-0.25, -0.2) is 5.43 Å². The van der Waals surface area contributed by atoms with E-state index in [0.29, 0.717) is 0 Å². The maximum absolute atomic E-state index is 12.1. The Balaban J connectivity index is 1.46. The zero-order valence-electron chi connectivity index (χ0n) is 18.8. The highest BCUT2D eigenvalue weighted by molar-refractivity contribution is 7.15. The number of carbonyl (C=O) groups excluding carboxylic acids is 1. The molecule has 0 fully saturated rings. The predicted octanol–water partition coefficient (Wildman–Crippen LogP) is 4.34. The summed E-state index contributed by atoms with van der Waals surface area (Å²) in [5.74, 6) is -0.525. The highest BCUT2D eigenvalue weighted by Crippen LogP contribution is 2.38. The lowest BCUT2D eigenvalue weighted by atomic mass is 9.96. The second-order valence-electron chi connectivity index (χ2n) is 7.97. The molecule has 174 valence electrons. The van der Waals surface area contributed by atoms with E-state index in [2.05, 4.69) is 21.2 Å². The summed E-state index contributed by atoms with van der Waals surface area (Å²) < 4.78 is 7.34. The van der Waals surface area contributed by atoms with Crippen molar-refractivity contribution in [2.45, 2.75) is 39.5 Å². The van der Waals surface area contributed by atoms with E-state index in [1.807, 2.05) is 19.9 Å². The van der Waals surface area contributed by atoms with E-state index in [9.17, 15) is 20.2 Å². The second-order valence-corrected chi connectivity index (χ2v) is 9.06. The number of hydrogen-bond donors (Lipinski definition) is 1. The predicted molar refractivity (Wildman–Crippen MR) is 129 cm³/mol. The Kier molecular flexibility index (Phi) is 6.75. The average Bonchev–Trinajstić information content (AvgIpc) is 3.33. The topological polar surface area (TPSA) is 123 Å². The van der Waals surface area contributed by atoms with Gasteiger partial charge in [0.15, 0.2) is 12.4 Å². The number of hydrogen-bond acceptors (Lipinski definition) is 7. The van der Waals surface area contributed by atoms with Gasteiger partial charge in [0.1, 0.15) is 11.1 Å². The van der Waals surface area contributed by atoms with E-state index >= 15 is 0 Å². The molecule has 9 nitrogen and oxygen atoms in total. The van der Waals surface area contributed by atoms with Gasteiger partial charge < -0.3 is 9.30 Å². The van der Waals surface area contributed by atoms with Crippen LogP contribution in [-0.2, 0) is 17.6 Å². The maximum atomic E-state index is 12.1. The molecule has 1 amide bonds. The van der Waals surface area contributed by atoms with Gasteiger partial charge in [-0.05, 0) is 57.2 Å². The first-order chi connectivity index (χ1) is 16.4. The number of hydrazone groups is 1. The van der Waals surface area contributed by atoms with Crippen molar-refractivity contribution < 1.29 is 14.5 Å². The molecule has 1 aliphatic carbocycles. The molecule has 0 atom stereocenters. The van der Waals surface area contributed by atoms with E-state index in [0.717, 1.165) is 53.2 Å². The molecule has 0 saturated heterocycles. The molecule has 2 heterocycles. The molecule has 10 heteroatoms. The number of nitriles is 1. The number of aryl methyl sites for hydroxylation is 2. The summed E-state index contributed by atoms with van der Waals surface area (Å²) in [6.45, 7) is 3.52. The Labute approximate surface area is 200 Å². The Hall–Kier alpha value is -3.97. The highest BCUT2D eigenvalue weighted by atomic mass is 32.1. The molecule has 34 heavy (non-hydrogen) atoms. The number of nitrogens with one attached hydrogen (secondary N) is 1. The molecule has 2 aromatic heterocycles. The molecule has 1 aromatic carbocycles. The number of ether oxygens (including phenoxy) is 1. The Morgan fingerprint density at radius 3 is 2.88 bits per heavy atom. The summed E-state index contributed by atoms with van der Waals surface area (Å²) in [6.07, 6.45) is 5.77. The molecule has 0 radical (unpaired) electrons. The molecule has 3 aromatic rings. The monoisotopic (exact) mass is 477 g/mol. The number of thiophene rings is 1. The number of fused-ring (bicyclic) bond motifs is 1. The quantitative estimate of drug-likeness (QED) is 0.308. The van der Waals surface area contributed by atoms with Crippen molar-refractivity contribution in [2.75, 3.05) is 6.61 Å². The lowest BCUT2D eigenvalue weighted by Crippen LogP contribution is -2.24. The van der Waals surface area contributed by atoms with Gasteiger partial charge in [0.05, 0.1) is 16.7 Å². The summed E-state index contributed by atoms with van der Waals surface area (Å²) >= 11 is 1.68.